The lowest BCUT2D eigenvalue weighted by Crippen LogP contribution is -2.42. The average molecular weight is 481 g/mol. The van der Waals surface area contributed by atoms with Crippen LogP contribution in [0.4, 0.5) is 4.79 Å². The van der Waals surface area contributed by atoms with Crippen molar-refractivity contribution in [1.29, 1.82) is 0 Å². The van der Waals surface area contributed by atoms with Crippen LogP contribution in [0.3, 0.4) is 0 Å². The monoisotopic (exact) mass is 480 g/mol. The number of likely N-dealkylation sites (tertiary alicyclic amines) is 1. The van der Waals surface area contributed by atoms with Crippen molar-refractivity contribution in [3.8, 4) is 11.1 Å². The number of rotatable bonds is 9. The summed E-state index contributed by atoms with van der Waals surface area (Å²) in [5.41, 5.74) is 4.63. The number of hydrogen-bond donors (Lipinski definition) is 2. The number of carbonyl (C=O) groups is 3. The largest absolute Gasteiger partial charge is 0.481 e. The van der Waals surface area contributed by atoms with E-state index in [1.165, 1.54) is 18.2 Å². The van der Waals surface area contributed by atoms with Gasteiger partial charge >= 0.3 is 12.1 Å². The second-order valence-electron chi connectivity index (χ2n) is 9.19. The van der Waals surface area contributed by atoms with Crippen molar-refractivity contribution in [2.45, 2.75) is 37.7 Å². The molecule has 2 aliphatic rings. The lowest BCUT2D eigenvalue weighted by molar-refractivity contribution is -0.139. The number of hydrogen-bond acceptors (Lipinski definition) is 5. The number of methoxy groups -OCH3 is 1. The van der Waals surface area contributed by atoms with Crippen molar-refractivity contribution in [2.24, 2.45) is 5.92 Å². The Morgan fingerprint density at radius 1 is 1.03 bits per heavy atom. The number of benzene rings is 2. The van der Waals surface area contributed by atoms with Crippen LogP contribution in [0.5, 0.6) is 0 Å². The van der Waals surface area contributed by atoms with E-state index in [1.807, 2.05) is 24.3 Å². The van der Waals surface area contributed by atoms with E-state index in [9.17, 15) is 14.4 Å². The molecule has 0 bridgehead atoms. The Kier molecular flexibility index (Phi) is 8.02. The second-order valence-corrected chi connectivity index (χ2v) is 9.19. The molecule has 1 atom stereocenters. The molecule has 8 heteroatoms. The zero-order valence-corrected chi connectivity index (χ0v) is 19.9. The topological polar surface area (TPSA) is 105 Å². The van der Waals surface area contributed by atoms with Gasteiger partial charge in [-0.1, -0.05) is 48.5 Å². The molecule has 8 nitrogen and oxygen atoms in total. The van der Waals surface area contributed by atoms with E-state index in [0.717, 1.165) is 11.1 Å². The van der Waals surface area contributed by atoms with Crippen LogP contribution in [-0.4, -0.2) is 67.4 Å². The van der Waals surface area contributed by atoms with Gasteiger partial charge in [-0.3, -0.25) is 9.59 Å². The molecule has 186 valence electrons. The molecule has 0 radical (unpaired) electrons. The van der Waals surface area contributed by atoms with Gasteiger partial charge in [0.05, 0.1) is 12.5 Å². The molecule has 1 aliphatic heterocycles. The highest BCUT2D eigenvalue weighted by molar-refractivity contribution is 5.79. The fourth-order valence-electron chi connectivity index (χ4n) is 5.04. The highest BCUT2D eigenvalue weighted by atomic mass is 16.5. The molecule has 2 N–H and O–H groups in total. The van der Waals surface area contributed by atoms with E-state index in [1.54, 1.807) is 4.90 Å². The normalized spacial score (nSPS) is 16.3. The van der Waals surface area contributed by atoms with Gasteiger partial charge in [-0.05, 0) is 41.0 Å². The average Bonchev–Trinajstić information content (AvgIpc) is 3.19. The van der Waals surface area contributed by atoms with Crippen LogP contribution in [0.25, 0.3) is 11.1 Å². The molecule has 2 aromatic carbocycles. The van der Waals surface area contributed by atoms with Crippen molar-refractivity contribution in [3.63, 3.8) is 0 Å². The van der Waals surface area contributed by atoms with E-state index in [4.69, 9.17) is 14.6 Å². The Labute approximate surface area is 205 Å². The minimum absolute atomic E-state index is 0.0167. The number of amides is 2. The third kappa shape index (κ3) is 6.00. The van der Waals surface area contributed by atoms with Gasteiger partial charge in [-0.2, -0.15) is 0 Å². The standard InChI is InChI=1S/C27H32N2O6/c1-34-19(15-25(30)29-12-10-18(11-13-29)14-26(31)32)16-28-27(33)35-17-24-22-8-4-2-6-20(22)21-7-3-5-9-23(21)24/h2-9,18-19,24H,10-17H2,1H3,(H,28,33)(H,31,32). The summed E-state index contributed by atoms with van der Waals surface area (Å²) in [6.45, 7) is 1.48. The molecule has 4 rings (SSSR count). The van der Waals surface area contributed by atoms with Crippen molar-refractivity contribution >= 4 is 18.0 Å². The predicted molar refractivity (Wildman–Crippen MR) is 130 cm³/mol. The van der Waals surface area contributed by atoms with E-state index in [2.05, 4.69) is 29.6 Å². The summed E-state index contributed by atoms with van der Waals surface area (Å²) in [5.74, 6) is -0.754. The van der Waals surface area contributed by atoms with Gasteiger partial charge in [0.25, 0.3) is 0 Å². The molecule has 2 amide bonds. The first kappa shape index (κ1) is 24.7. The molecular formula is C27H32N2O6. The number of nitrogens with zero attached hydrogens (tertiary/aromatic N) is 1. The Bertz CT molecular complexity index is 1020. The van der Waals surface area contributed by atoms with E-state index < -0.39 is 18.2 Å². The molecule has 1 unspecified atom stereocenters. The van der Waals surface area contributed by atoms with Crippen LogP contribution in [-0.2, 0) is 19.1 Å². The van der Waals surface area contributed by atoms with Gasteiger partial charge in [0.1, 0.15) is 6.61 Å². The van der Waals surface area contributed by atoms with Crippen LogP contribution < -0.4 is 5.32 Å². The number of fused-ring (bicyclic) bond motifs is 3. The van der Waals surface area contributed by atoms with Gasteiger partial charge in [0.2, 0.25) is 5.91 Å². The summed E-state index contributed by atoms with van der Waals surface area (Å²) >= 11 is 0. The van der Waals surface area contributed by atoms with Crippen molar-refractivity contribution in [1.82, 2.24) is 10.2 Å². The molecule has 0 aromatic heterocycles. The molecular weight excluding hydrogens is 448 g/mol. The van der Waals surface area contributed by atoms with Crippen LogP contribution in [0.1, 0.15) is 42.7 Å². The fraction of sp³-hybridized carbons (Fsp3) is 0.444. The molecule has 1 aliphatic carbocycles. The Hall–Kier alpha value is -3.39. The Balaban J connectivity index is 1.23. The SMILES string of the molecule is COC(CNC(=O)OCC1c2ccccc2-c2ccccc21)CC(=O)N1CCC(CC(=O)O)CC1. The number of nitrogens with one attached hydrogen (secondary N) is 1. The first-order valence-corrected chi connectivity index (χ1v) is 12.1. The number of ether oxygens (including phenoxy) is 2. The first-order chi connectivity index (χ1) is 17.0. The third-order valence-corrected chi connectivity index (χ3v) is 6.98. The van der Waals surface area contributed by atoms with Crippen molar-refractivity contribution in [3.05, 3.63) is 59.7 Å². The van der Waals surface area contributed by atoms with Gasteiger partial charge in [0.15, 0.2) is 0 Å². The highest BCUT2D eigenvalue weighted by Gasteiger charge is 2.29. The number of aliphatic carboxylic acids is 1. The molecule has 0 saturated carbocycles. The Morgan fingerprint density at radius 2 is 1.63 bits per heavy atom. The number of carboxylic acid groups (broad SMARTS) is 1. The summed E-state index contributed by atoms with van der Waals surface area (Å²) in [5, 5.41) is 11.7. The maximum absolute atomic E-state index is 12.7. The van der Waals surface area contributed by atoms with Crippen LogP contribution in [0, 0.1) is 5.92 Å². The summed E-state index contributed by atoms with van der Waals surface area (Å²) in [4.78, 5) is 37.7. The number of carboxylic acids is 1. The smallest absolute Gasteiger partial charge is 0.407 e. The molecule has 0 spiro atoms. The van der Waals surface area contributed by atoms with Crippen LogP contribution >= 0.6 is 0 Å². The fourth-order valence-corrected chi connectivity index (χ4v) is 5.04. The second kappa shape index (κ2) is 11.4. The summed E-state index contributed by atoms with van der Waals surface area (Å²) < 4.78 is 11.0. The van der Waals surface area contributed by atoms with Gasteiger partial charge < -0.3 is 24.8 Å². The summed E-state index contributed by atoms with van der Waals surface area (Å²) in [7, 11) is 1.51. The van der Waals surface area contributed by atoms with E-state index >= 15 is 0 Å². The number of piperidine rings is 1. The van der Waals surface area contributed by atoms with E-state index in [-0.39, 0.29) is 43.7 Å². The van der Waals surface area contributed by atoms with E-state index in [0.29, 0.717) is 25.9 Å². The summed E-state index contributed by atoms with van der Waals surface area (Å²) in [6.07, 6.45) is 0.647. The Morgan fingerprint density at radius 3 is 2.20 bits per heavy atom. The van der Waals surface area contributed by atoms with Crippen molar-refractivity contribution < 1.29 is 29.0 Å². The highest BCUT2D eigenvalue weighted by Crippen LogP contribution is 2.44. The zero-order valence-electron chi connectivity index (χ0n) is 19.9. The maximum Gasteiger partial charge on any atom is 0.407 e. The lowest BCUT2D eigenvalue weighted by Gasteiger charge is -2.32. The summed E-state index contributed by atoms with van der Waals surface area (Å²) in [6, 6.07) is 16.3. The molecule has 2 aromatic rings. The molecule has 1 saturated heterocycles. The van der Waals surface area contributed by atoms with Crippen molar-refractivity contribution in [2.75, 3.05) is 33.4 Å². The zero-order chi connectivity index (χ0) is 24.8. The minimum Gasteiger partial charge on any atom is -0.481 e. The maximum atomic E-state index is 12.7. The minimum atomic E-state index is -0.798. The van der Waals surface area contributed by atoms with Gasteiger partial charge in [-0.25, -0.2) is 4.79 Å². The third-order valence-electron chi connectivity index (χ3n) is 6.98. The van der Waals surface area contributed by atoms with Crippen LogP contribution in [0.15, 0.2) is 48.5 Å². The molecule has 35 heavy (non-hydrogen) atoms. The van der Waals surface area contributed by atoms with Crippen LogP contribution in [0.2, 0.25) is 0 Å². The first-order valence-electron chi connectivity index (χ1n) is 12.1. The quantitative estimate of drug-likeness (QED) is 0.568. The predicted octanol–water partition coefficient (Wildman–Crippen LogP) is 3.64. The van der Waals surface area contributed by atoms with Gasteiger partial charge in [-0.15, -0.1) is 0 Å². The lowest BCUT2D eigenvalue weighted by atomic mass is 9.93. The van der Waals surface area contributed by atoms with Gasteiger partial charge in [0, 0.05) is 39.1 Å². The number of alkyl carbamates (subject to hydrolysis) is 1. The number of carbonyl (C=O) groups excluding carboxylic acids is 2. The molecule has 1 heterocycles. The molecule has 1 fully saturated rings.